The molecule has 0 saturated heterocycles. The van der Waals surface area contributed by atoms with Crippen LogP contribution >= 0.6 is 0 Å². The van der Waals surface area contributed by atoms with Gasteiger partial charge in [0, 0.05) is 6.07 Å². The van der Waals surface area contributed by atoms with Crippen molar-refractivity contribution >= 4 is 5.97 Å². The molecule has 37 heavy (non-hydrogen) atoms. The third-order valence-electron chi connectivity index (χ3n) is 6.60. The molecule has 0 aliphatic carbocycles. The number of ether oxygens (including phenoxy) is 2. The Bertz CT molecular complexity index is 911. The van der Waals surface area contributed by atoms with E-state index in [-0.39, 0.29) is 17.1 Å². The van der Waals surface area contributed by atoms with Gasteiger partial charge in [-0.3, -0.25) is 0 Å². The van der Waals surface area contributed by atoms with Gasteiger partial charge in [-0.05, 0) is 49.4 Å². The number of carboxylic acid groups (broad SMARTS) is 1. The highest BCUT2D eigenvalue weighted by molar-refractivity contribution is 5.88. The standard InChI is InChI=1S/C31H46O6/c1-2-3-4-5-6-7-8-9-11-14-20-36-27-22-26(31(34)35)23-28(24-27)37-21-15-12-10-13-17-25-18-16-19-29(32)30(25)33/h16,18-19,22-24,32-33H,2-15,17,20-21H2,1H3,(H,34,35). The van der Waals surface area contributed by atoms with Crippen molar-refractivity contribution in [1.82, 2.24) is 0 Å². The van der Waals surface area contributed by atoms with E-state index in [9.17, 15) is 20.1 Å². The fraction of sp³-hybridized carbons (Fsp3) is 0.581. The first kappa shape index (κ1) is 30.3. The van der Waals surface area contributed by atoms with E-state index in [2.05, 4.69) is 6.92 Å². The van der Waals surface area contributed by atoms with Gasteiger partial charge in [-0.15, -0.1) is 0 Å². The highest BCUT2D eigenvalue weighted by Crippen LogP contribution is 2.29. The SMILES string of the molecule is CCCCCCCCCCCCOc1cc(OCCCCCCc2cccc(O)c2O)cc(C(=O)O)c1. The molecule has 6 nitrogen and oxygen atoms in total. The van der Waals surface area contributed by atoms with Gasteiger partial charge < -0.3 is 24.8 Å². The largest absolute Gasteiger partial charge is 0.504 e. The zero-order valence-corrected chi connectivity index (χ0v) is 22.6. The molecule has 0 aliphatic rings. The van der Waals surface area contributed by atoms with Gasteiger partial charge >= 0.3 is 5.97 Å². The quantitative estimate of drug-likeness (QED) is 0.115. The van der Waals surface area contributed by atoms with Crippen LogP contribution in [0.2, 0.25) is 0 Å². The zero-order valence-electron chi connectivity index (χ0n) is 22.6. The van der Waals surface area contributed by atoms with Crippen LogP contribution in [0.5, 0.6) is 23.0 Å². The first-order chi connectivity index (χ1) is 18.0. The van der Waals surface area contributed by atoms with Gasteiger partial charge in [0.05, 0.1) is 18.8 Å². The summed E-state index contributed by atoms with van der Waals surface area (Å²) in [6.45, 7) is 3.32. The Morgan fingerprint density at radius 1 is 0.703 bits per heavy atom. The van der Waals surface area contributed by atoms with E-state index in [1.165, 1.54) is 57.4 Å². The smallest absolute Gasteiger partial charge is 0.335 e. The summed E-state index contributed by atoms with van der Waals surface area (Å²) in [6, 6.07) is 9.91. The number of phenols is 2. The Morgan fingerprint density at radius 2 is 1.22 bits per heavy atom. The minimum atomic E-state index is -0.996. The first-order valence-corrected chi connectivity index (χ1v) is 14.1. The van der Waals surface area contributed by atoms with Crippen LogP contribution in [0.15, 0.2) is 36.4 Å². The fourth-order valence-corrected chi connectivity index (χ4v) is 4.38. The number of carbonyl (C=O) groups is 1. The van der Waals surface area contributed by atoms with Gasteiger partial charge in [0.25, 0.3) is 0 Å². The lowest BCUT2D eigenvalue weighted by atomic mass is 10.0. The number of unbranched alkanes of at least 4 members (excludes halogenated alkanes) is 12. The molecule has 0 amide bonds. The topological polar surface area (TPSA) is 96.2 Å². The fourth-order valence-electron chi connectivity index (χ4n) is 4.38. The molecule has 2 aromatic carbocycles. The van der Waals surface area contributed by atoms with Crippen LogP contribution in [-0.2, 0) is 6.42 Å². The molecular weight excluding hydrogens is 468 g/mol. The van der Waals surface area contributed by atoms with E-state index in [0.717, 1.165) is 44.1 Å². The maximum Gasteiger partial charge on any atom is 0.335 e. The molecule has 206 valence electrons. The molecule has 0 saturated carbocycles. The molecule has 0 spiro atoms. The van der Waals surface area contributed by atoms with Gasteiger partial charge in [-0.25, -0.2) is 4.79 Å². The average Bonchev–Trinajstić information content (AvgIpc) is 2.89. The highest BCUT2D eigenvalue weighted by Gasteiger charge is 2.09. The van der Waals surface area contributed by atoms with Crippen molar-refractivity contribution in [3.63, 3.8) is 0 Å². The Morgan fingerprint density at radius 3 is 1.76 bits per heavy atom. The summed E-state index contributed by atoms with van der Waals surface area (Å²) >= 11 is 0. The maximum absolute atomic E-state index is 11.5. The van der Waals surface area contributed by atoms with Crippen LogP contribution in [0.3, 0.4) is 0 Å². The number of aromatic hydroxyl groups is 2. The summed E-state index contributed by atoms with van der Waals surface area (Å²) in [6.07, 6.45) is 17.0. The maximum atomic E-state index is 11.5. The van der Waals surface area contributed by atoms with Gasteiger partial charge in [0.15, 0.2) is 11.5 Å². The Hall–Kier alpha value is -2.89. The summed E-state index contributed by atoms with van der Waals surface area (Å²) < 4.78 is 11.7. The number of hydrogen-bond acceptors (Lipinski definition) is 5. The molecule has 2 rings (SSSR count). The molecule has 0 heterocycles. The lowest BCUT2D eigenvalue weighted by Gasteiger charge is -2.11. The zero-order chi connectivity index (χ0) is 26.7. The molecular formula is C31H46O6. The number of aromatic carboxylic acids is 1. The third-order valence-corrected chi connectivity index (χ3v) is 6.60. The second-order valence-electron chi connectivity index (χ2n) is 9.83. The number of aryl methyl sites for hydroxylation is 1. The van der Waals surface area contributed by atoms with E-state index in [4.69, 9.17) is 9.47 Å². The van der Waals surface area contributed by atoms with Gasteiger partial charge in [0.2, 0.25) is 0 Å². The van der Waals surface area contributed by atoms with Crippen LogP contribution in [0.25, 0.3) is 0 Å². The number of carboxylic acids is 1. The number of phenolic OH excluding ortho intramolecular Hbond substituents is 2. The number of para-hydroxylation sites is 1. The Balaban J connectivity index is 1.62. The van der Waals surface area contributed by atoms with Crippen molar-refractivity contribution < 1.29 is 29.6 Å². The van der Waals surface area contributed by atoms with Gasteiger partial charge in [-0.1, -0.05) is 89.7 Å². The molecule has 0 atom stereocenters. The van der Waals surface area contributed by atoms with Crippen LogP contribution in [0.4, 0.5) is 0 Å². The number of benzene rings is 2. The second-order valence-corrected chi connectivity index (χ2v) is 9.83. The predicted octanol–water partition coefficient (Wildman–Crippen LogP) is 8.28. The monoisotopic (exact) mass is 514 g/mol. The molecule has 3 N–H and O–H groups in total. The Labute approximate surface area is 222 Å². The van der Waals surface area contributed by atoms with Crippen molar-refractivity contribution in [2.75, 3.05) is 13.2 Å². The lowest BCUT2D eigenvalue weighted by Crippen LogP contribution is -2.03. The summed E-state index contributed by atoms with van der Waals surface area (Å²) in [7, 11) is 0. The van der Waals surface area contributed by atoms with Crippen molar-refractivity contribution in [2.45, 2.75) is 103 Å². The van der Waals surface area contributed by atoms with Crippen LogP contribution in [0, 0.1) is 0 Å². The minimum absolute atomic E-state index is 0.0321. The van der Waals surface area contributed by atoms with E-state index >= 15 is 0 Å². The predicted molar refractivity (Wildman–Crippen MR) is 148 cm³/mol. The highest BCUT2D eigenvalue weighted by atomic mass is 16.5. The van der Waals surface area contributed by atoms with Crippen LogP contribution in [-0.4, -0.2) is 34.5 Å². The summed E-state index contributed by atoms with van der Waals surface area (Å²) in [5.74, 6) is -0.0551. The minimum Gasteiger partial charge on any atom is -0.504 e. The van der Waals surface area contributed by atoms with Crippen molar-refractivity contribution in [2.24, 2.45) is 0 Å². The normalized spacial score (nSPS) is 10.9. The molecule has 6 heteroatoms. The average molecular weight is 515 g/mol. The van der Waals surface area contributed by atoms with Gasteiger partial charge in [-0.2, -0.15) is 0 Å². The molecule has 0 unspecified atom stereocenters. The molecule has 2 aromatic rings. The lowest BCUT2D eigenvalue weighted by molar-refractivity contribution is 0.0695. The van der Waals surface area contributed by atoms with Crippen LogP contribution < -0.4 is 9.47 Å². The summed E-state index contributed by atoms with van der Waals surface area (Å²) in [4.78, 5) is 11.5. The van der Waals surface area contributed by atoms with Gasteiger partial charge in [0.1, 0.15) is 11.5 Å². The molecule has 0 bridgehead atoms. The number of hydrogen-bond donors (Lipinski definition) is 3. The van der Waals surface area contributed by atoms with Crippen molar-refractivity contribution in [3.8, 4) is 23.0 Å². The van der Waals surface area contributed by atoms with E-state index in [0.29, 0.717) is 31.1 Å². The van der Waals surface area contributed by atoms with Crippen molar-refractivity contribution in [3.05, 3.63) is 47.5 Å². The third kappa shape index (κ3) is 12.8. The molecule has 0 aromatic heterocycles. The second kappa shape index (κ2) is 18.4. The summed E-state index contributed by atoms with van der Waals surface area (Å²) in [5, 5.41) is 28.9. The molecule has 0 radical (unpaired) electrons. The van der Waals surface area contributed by atoms with E-state index in [1.807, 2.05) is 6.07 Å². The van der Waals surface area contributed by atoms with E-state index < -0.39 is 5.97 Å². The van der Waals surface area contributed by atoms with Crippen molar-refractivity contribution in [1.29, 1.82) is 0 Å². The van der Waals surface area contributed by atoms with E-state index in [1.54, 1.807) is 24.3 Å². The summed E-state index contributed by atoms with van der Waals surface area (Å²) in [5.41, 5.74) is 0.925. The molecule has 0 fully saturated rings. The number of rotatable bonds is 21. The molecule has 0 aliphatic heterocycles. The van der Waals surface area contributed by atoms with Crippen LogP contribution in [0.1, 0.15) is 113 Å². The first-order valence-electron chi connectivity index (χ1n) is 14.1. The Kier molecular flexibility index (Phi) is 15.1.